The summed E-state index contributed by atoms with van der Waals surface area (Å²) in [6.45, 7) is 2.28. The van der Waals surface area contributed by atoms with Crippen molar-refractivity contribution in [3.8, 4) is 0 Å². The molecule has 0 amide bonds. The van der Waals surface area contributed by atoms with Gasteiger partial charge < -0.3 is 5.32 Å². The number of benzene rings is 2. The van der Waals surface area contributed by atoms with E-state index in [1.165, 1.54) is 35.6 Å². The van der Waals surface area contributed by atoms with Gasteiger partial charge in [-0.25, -0.2) is 0 Å². The van der Waals surface area contributed by atoms with E-state index in [0.29, 0.717) is 12.1 Å². The van der Waals surface area contributed by atoms with Crippen LogP contribution in [0, 0.1) is 0 Å². The Kier molecular flexibility index (Phi) is 3.65. The summed E-state index contributed by atoms with van der Waals surface area (Å²) in [6, 6.07) is 16.3. The number of piperidine rings is 1. The molecule has 19 heavy (non-hydrogen) atoms. The highest BCUT2D eigenvalue weighted by molar-refractivity contribution is 5.90. The number of fused-ring (bicyclic) bond motifs is 1. The van der Waals surface area contributed by atoms with Crippen LogP contribution in [-0.4, -0.2) is 12.1 Å². The molecule has 2 atom stereocenters. The third-order valence-corrected chi connectivity index (χ3v) is 3.98. The van der Waals surface area contributed by atoms with E-state index in [1.807, 2.05) is 0 Å². The molecule has 1 nitrogen and oxygen atoms in total. The zero-order valence-electron chi connectivity index (χ0n) is 11.5. The fourth-order valence-electron chi connectivity index (χ4n) is 2.94. The fraction of sp³-hybridized carbons (Fsp3) is 0.333. The van der Waals surface area contributed by atoms with Crippen molar-refractivity contribution in [1.82, 2.24) is 5.32 Å². The van der Waals surface area contributed by atoms with Gasteiger partial charge in [0.15, 0.2) is 0 Å². The highest BCUT2D eigenvalue weighted by Gasteiger charge is 2.14. The Bertz CT molecular complexity index is 580. The van der Waals surface area contributed by atoms with E-state index >= 15 is 0 Å². The summed E-state index contributed by atoms with van der Waals surface area (Å²) < 4.78 is 0. The molecule has 2 aromatic carbocycles. The molecular weight excluding hydrogens is 230 g/mol. The first-order valence-electron chi connectivity index (χ1n) is 7.25. The van der Waals surface area contributed by atoms with Crippen molar-refractivity contribution >= 4 is 16.8 Å². The fourth-order valence-corrected chi connectivity index (χ4v) is 2.94. The minimum Gasteiger partial charge on any atom is -0.308 e. The molecule has 1 aliphatic heterocycles. The molecule has 1 heterocycles. The van der Waals surface area contributed by atoms with Crippen molar-refractivity contribution in [3.63, 3.8) is 0 Å². The standard InChI is InChI=1S/C18H21N/c1-14-6-4-10-17(19-14)13-12-16-9-5-8-15-7-2-3-11-18(15)16/h2-3,5,7-9,11-14,17,19H,4,6,10H2,1H3/b13-12+. The quantitative estimate of drug-likeness (QED) is 0.835. The molecule has 3 rings (SSSR count). The number of hydrogen-bond acceptors (Lipinski definition) is 1. The Labute approximate surface area is 115 Å². The van der Waals surface area contributed by atoms with Crippen molar-refractivity contribution in [1.29, 1.82) is 0 Å². The van der Waals surface area contributed by atoms with Gasteiger partial charge in [0, 0.05) is 12.1 Å². The van der Waals surface area contributed by atoms with Crippen molar-refractivity contribution in [2.45, 2.75) is 38.3 Å². The van der Waals surface area contributed by atoms with E-state index in [0.717, 1.165) is 0 Å². The van der Waals surface area contributed by atoms with Crippen LogP contribution in [0.3, 0.4) is 0 Å². The van der Waals surface area contributed by atoms with Gasteiger partial charge >= 0.3 is 0 Å². The summed E-state index contributed by atoms with van der Waals surface area (Å²) in [5.74, 6) is 0. The second-order valence-electron chi connectivity index (χ2n) is 5.53. The first-order chi connectivity index (χ1) is 9.33. The number of hydrogen-bond donors (Lipinski definition) is 1. The minimum absolute atomic E-state index is 0.530. The largest absolute Gasteiger partial charge is 0.308 e. The van der Waals surface area contributed by atoms with Crippen LogP contribution in [0.15, 0.2) is 48.5 Å². The van der Waals surface area contributed by atoms with E-state index in [-0.39, 0.29) is 0 Å². The Hall–Kier alpha value is -1.60. The molecule has 0 saturated carbocycles. The lowest BCUT2D eigenvalue weighted by Crippen LogP contribution is -2.39. The molecule has 0 spiro atoms. The third-order valence-electron chi connectivity index (χ3n) is 3.98. The van der Waals surface area contributed by atoms with Gasteiger partial charge in [-0.2, -0.15) is 0 Å². The lowest BCUT2D eigenvalue weighted by atomic mass is 9.98. The van der Waals surface area contributed by atoms with Gasteiger partial charge in [0.05, 0.1) is 0 Å². The van der Waals surface area contributed by atoms with Gasteiger partial charge in [-0.15, -0.1) is 0 Å². The summed E-state index contributed by atoms with van der Waals surface area (Å²) in [6.07, 6.45) is 8.50. The first kappa shape index (κ1) is 12.4. The van der Waals surface area contributed by atoms with Gasteiger partial charge in [0.1, 0.15) is 0 Å². The van der Waals surface area contributed by atoms with E-state index in [9.17, 15) is 0 Å². The summed E-state index contributed by atoms with van der Waals surface area (Å²) >= 11 is 0. The highest BCUT2D eigenvalue weighted by Crippen LogP contribution is 2.21. The zero-order valence-corrected chi connectivity index (χ0v) is 11.5. The van der Waals surface area contributed by atoms with Gasteiger partial charge in [0.2, 0.25) is 0 Å². The lowest BCUT2D eigenvalue weighted by Gasteiger charge is -2.26. The lowest BCUT2D eigenvalue weighted by molar-refractivity contribution is 0.375. The van der Waals surface area contributed by atoms with Gasteiger partial charge in [-0.1, -0.05) is 61.0 Å². The Balaban J connectivity index is 1.84. The van der Waals surface area contributed by atoms with Crippen LogP contribution in [0.2, 0.25) is 0 Å². The Morgan fingerprint density at radius 3 is 2.79 bits per heavy atom. The number of nitrogens with one attached hydrogen (secondary N) is 1. The van der Waals surface area contributed by atoms with Crippen LogP contribution in [0.4, 0.5) is 0 Å². The van der Waals surface area contributed by atoms with Crippen LogP contribution in [-0.2, 0) is 0 Å². The first-order valence-corrected chi connectivity index (χ1v) is 7.25. The molecule has 1 heteroatoms. The maximum Gasteiger partial charge on any atom is 0.0255 e. The van der Waals surface area contributed by atoms with Gasteiger partial charge in [0.25, 0.3) is 0 Å². The molecule has 98 valence electrons. The summed E-state index contributed by atoms with van der Waals surface area (Å²) in [5.41, 5.74) is 1.32. The molecule has 2 aromatic rings. The highest BCUT2D eigenvalue weighted by atomic mass is 14.9. The topological polar surface area (TPSA) is 12.0 Å². The van der Waals surface area contributed by atoms with Crippen molar-refractivity contribution in [2.75, 3.05) is 0 Å². The average molecular weight is 251 g/mol. The monoisotopic (exact) mass is 251 g/mol. The van der Waals surface area contributed by atoms with Crippen molar-refractivity contribution in [3.05, 3.63) is 54.1 Å². The summed E-state index contributed by atoms with van der Waals surface area (Å²) in [4.78, 5) is 0. The third kappa shape index (κ3) is 2.87. The Morgan fingerprint density at radius 2 is 1.89 bits per heavy atom. The maximum absolute atomic E-state index is 3.65. The smallest absolute Gasteiger partial charge is 0.0255 e. The van der Waals surface area contributed by atoms with E-state index in [4.69, 9.17) is 0 Å². The second-order valence-corrected chi connectivity index (χ2v) is 5.53. The molecule has 1 fully saturated rings. The van der Waals surface area contributed by atoms with E-state index < -0.39 is 0 Å². The molecule has 0 radical (unpaired) electrons. The van der Waals surface area contributed by atoms with Crippen LogP contribution < -0.4 is 5.32 Å². The molecule has 1 N–H and O–H groups in total. The SMILES string of the molecule is CC1CCCC(/C=C/c2cccc3ccccc23)N1. The molecule has 1 saturated heterocycles. The predicted octanol–water partition coefficient (Wildman–Crippen LogP) is 4.38. The number of rotatable bonds is 2. The van der Waals surface area contributed by atoms with Crippen LogP contribution >= 0.6 is 0 Å². The molecule has 1 aliphatic rings. The van der Waals surface area contributed by atoms with Crippen molar-refractivity contribution in [2.24, 2.45) is 0 Å². The maximum atomic E-state index is 3.65. The summed E-state index contributed by atoms with van der Waals surface area (Å²) in [7, 11) is 0. The Morgan fingerprint density at radius 1 is 1.05 bits per heavy atom. The average Bonchev–Trinajstić information content (AvgIpc) is 2.45. The molecule has 2 unspecified atom stereocenters. The molecule has 0 bridgehead atoms. The van der Waals surface area contributed by atoms with Crippen molar-refractivity contribution < 1.29 is 0 Å². The van der Waals surface area contributed by atoms with Gasteiger partial charge in [-0.3, -0.25) is 0 Å². The van der Waals surface area contributed by atoms with E-state index in [1.54, 1.807) is 0 Å². The minimum atomic E-state index is 0.530. The van der Waals surface area contributed by atoms with Crippen LogP contribution in [0.5, 0.6) is 0 Å². The van der Waals surface area contributed by atoms with Crippen LogP contribution in [0.1, 0.15) is 31.7 Å². The normalized spacial score (nSPS) is 24.1. The predicted molar refractivity (Wildman–Crippen MR) is 83.2 cm³/mol. The van der Waals surface area contributed by atoms with Crippen LogP contribution in [0.25, 0.3) is 16.8 Å². The molecular formula is C18H21N. The van der Waals surface area contributed by atoms with E-state index in [2.05, 4.69) is 66.9 Å². The summed E-state index contributed by atoms with van der Waals surface area (Å²) in [5, 5.41) is 6.30. The van der Waals surface area contributed by atoms with Gasteiger partial charge in [-0.05, 0) is 36.1 Å². The zero-order chi connectivity index (χ0) is 13.1. The molecule has 0 aliphatic carbocycles. The second kappa shape index (κ2) is 5.58. The molecule has 0 aromatic heterocycles.